The van der Waals surface area contributed by atoms with E-state index in [1.165, 1.54) is 0 Å². The standard InChI is InChI=1S/C34H39NO8/c36-26(22-41-27-13-7-4-8-14-27)23-42-33-29(30(37)21-31(33)38)15-9-1-2-10-16-32(39)43-28-19-17-25(18-20-28)35-34(40)24-11-5-3-6-12-24/h3-8,11-14,17-20,26,29,31,33,36,38H,1-2,9-10,15-16,21-23H2,(H,35,40)/t26?,29-,31+,33+/m0/s1. The first-order valence-electron chi connectivity index (χ1n) is 14.7. The maximum Gasteiger partial charge on any atom is 0.311 e. The van der Waals surface area contributed by atoms with Gasteiger partial charge in [-0.15, -0.1) is 0 Å². The third-order valence-electron chi connectivity index (χ3n) is 7.29. The van der Waals surface area contributed by atoms with Crippen molar-refractivity contribution in [3.8, 4) is 11.5 Å². The van der Waals surface area contributed by atoms with Gasteiger partial charge in [-0.05, 0) is 61.4 Å². The molecule has 9 nitrogen and oxygen atoms in total. The summed E-state index contributed by atoms with van der Waals surface area (Å²) in [6.45, 7) is 0.0116. The van der Waals surface area contributed by atoms with Crippen LogP contribution in [0.25, 0.3) is 0 Å². The zero-order valence-electron chi connectivity index (χ0n) is 24.1. The topological polar surface area (TPSA) is 131 Å². The van der Waals surface area contributed by atoms with Gasteiger partial charge >= 0.3 is 5.97 Å². The Morgan fingerprint density at radius 2 is 1.51 bits per heavy atom. The van der Waals surface area contributed by atoms with Crippen molar-refractivity contribution in [1.82, 2.24) is 0 Å². The van der Waals surface area contributed by atoms with Crippen molar-refractivity contribution < 1.29 is 38.8 Å². The van der Waals surface area contributed by atoms with Crippen molar-refractivity contribution in [2.45, 2.75) is 63.3 Å². The van der Waals surface area contributed by atoms with E-state index in [1.54, 1.807) is 60.7 Å². The second kappa shape index (κ2) is 16.6. The molecule has 1 unspecified atom stereocenters. The van der Waals surface area contributed by atoms with Crippen LogP contribution in [0.1, 0.15) is 55.3 Å². The maximum atomic E-state index is 12.5. The van der Waals surface area contributed by atoms with Gasteiger partial charge in [0.15, 0.2) is 0 Å². The SMILES string of the molecule is O=C(CCCCCC[C@H]1C(=O)C[C@@H](O)[C@@H]1OCC(O)COc1ccccc1)Oc1ccc(NC(=O)c2ccccc2)cc1. The molecule has 0 aromatic heterocycles. The van der Waals surface area contributed by atoms with E-state index in [4.69, 9.17) is 14.2 Å². The first kappa shape index (κ1) is 31.9. The van der Waals surface area contributed by atoms with Crippen molar-refractivity contribution in [1.29, 1.82) is 0 Å². The molecular formula is C34H39NO8. The lowest BCUT2D eigenvalue weighted by molar-refractivity contribution is -0.134. The Kier molecular flexibility index (Phi) is 12.3. The Morgan fingerprint density at radius 3 is 2.23 bits per heavy atom. The monoisotopic (exact) mass is 589 g/mol. The second-order valence-electron chi connectivity index (χ2n) is 10.7. The number of carbonyl (C=O) groups excluding carboxylic acids is 3. The molecule has 0 spiro atoms. The lowest BCUT2D eigenvalue weighted by atomic mass is 9.96. The number of nitrogens with one attached hydrogen (secondary N) is 1. The fraction of sp³-hybridized carbons (Fsp3) is 0.382. The van der Waals surface area contributed by atoms with Gasteiger partial charge in [0.1, 0.15) is 30.0 Å². The molecule has 1 aliphatic rings. The quantitative estimate of drug-likeness (QED) is 0.121. The molecule has 1 aliphatic carbocycles. The number of para-hydroxylation sites is 1. The summed E-state index contributed by atoms with van der Waals surface area (Å²) in [6, 6.07) is 24.7. The molecular weight excluding hydrogens is 550 g/mol. The van der Waals surface area contributed by atoms with Crippen LogP contribution in [0.15, 0.2) is 84.9 Å². The minimum atomic E-state index is -0.887. The molecule has 3 aromatic carbocycles. The van der Waals surface area contributed by atoms with Crippen LogP contribution in [0.3, 0.4) is 0 Å². The highest BCUT2D eigenvalue weighted by Gasteiger charge is 2.42. The summed E-state index contributed by atoms with van der Waals surface area (Å²) < 4.78 is 16.7. The highest BCUT2D eigenvalue weighted by Crippen LogP contribution is 2.30. The summed E-state index contributed by atoms with van der Waals surface area (Å²) in [5, 5.41) is 23.4. The molecule has 3 N–H and O–H groups in total. The molecule has 4 atom stereocenters. The zero-order chi connectivity index (χ0) is 30.4. The Bertz CT molecular complexity index is 1300. The first-order chi connectivity index (χ1) is 20.9. The number of ether oxygens (including phenoxy) is 3. The van der Waals surface area contributed by atoms with Crippen molar-refractivity contribution in [3.05, 3.63) is 90.5 Å². The smallest absolute Gasteiger partial charge is 0.311 e. The average Bonchev–Trinajstić information content (AvgIpc) is 3.29. The summed E-state index contributed by atoms with van der Waals surface area (Å²) in [6.07, 6.45) is 1.51. The molecule has 4 rings (SSSR count). The molecule has 228 valence electrons. The number of unbranched alkanes of at least 4 members (excludes halogenated alkanes) is 3. The fourth-order valence-corrected chi connectivity index (χ4v) is 5.03. The van der Waals surface area contributed by atoms with E-state index in [1.807, 2.05) is 24.3 Å². The van der Waals surface area contributed by atoms with Crippen LogP contribution in [0, 0.1) is 5.92 Å². The molecule has 1 fully saturated rings. The van der Waals surface area contributed by atoms with Crippen LogP contribution in [0.2, 0.25) is 0 Å². The van der Waals surface area contributed by atoms with Gasteiger partial charge in [-0.1, -0.05) is 55.7 Å². The number of aliphatic hydroxyl groups excluding tert-OH is 2. The predicted octanol–water partition coefficient (Wildman–Crippen LogP) is 4.96. The predicted molar refractivity (Wildman–Crippen MR) is 161 cm³/mol. The molecule has 43 heavy (non-hydrogen) atoms. The Labute approximate surface area is 251 Å². The van der Waals surface area contributed by atoms with Crippen molar-refractivity contribution in [2.75, 3.05) is 18.5 Å². The Morgan fingerprint density at radius 1 is 0.837 bits per heavy atom. The number of benzene rings is 3. The molecule has 0 aliphatic heterocycles. The normalized spacial score (nSPS) is 18.7. The maximum absolute atomic E-state index is 12.5. The number of carbonyl (C=O) groups is 3. The van der Waals surface area contributed by atoms with Gasteiger partial charge in [0.25, 0.3) is 5.91 Å². The van der Waals surface area contributed by atoms with Gasteiger partial charge in [-0.25, -0.2) is 0 Å². The highest BCUT2D eigenvalue weighted by molar-refractivity contribution is 6.04. The van der Waals surface area contributed by atoms with Crippen molar-refractivity contribution >= 4 is 23.3 Å². The molecule has 0 radical (unpaired) electrons. The largest absolute Gasteiger partial charge is 0.491 e. The summed E-state index contributed by atoms with van der Waals surface area (Å²) >= 11 is 0. The third-order valence-corrected chi connectivity index (χ3v) is 7.29. The number of anilines is 1. The van der Waals surface area contributed by atoms with E-state index in [9.17, 15) is 24.6 Å². The molecule has 0 heterocycles. The number of ketones is 1. The van der Waals surface area contributed by atoms with E-state index < -0.39 is 24.2 Å². The lowest BCUT2D eigenvalue weighted by Crippen LogP contribution is -2.34. The number of rotatable bonds is 16. The zero-order valence-corrected chi connectivity index (χ0v) is 24.1. The molecule has 9 heteroatoms. The summed E-state index contributed by atoms with van der Waals surface area (Å²) in [4.78, 5) is 37.0. The third kappa shape index (κ3) is 10.3. The van der Waals surface area contributed by atoms with Crippen LogP contribution in [0.4, 0.5) is 5.69 Å². The first-order valence-corrected chi connectivity index (χ1v) is 14.7. The second-order valence-corrected chi connectivity index (χ2v) is 10.7. The van der Waals surface area contributed by atoms with E-state index in [2.05, 4.69) is 5.32 Å². The van der Waals surface area contributed by atoms with E-state index in [0.29, 0.717) is 35.6 Å². The van der Waals surface area contributed by atoms with Gasteiger partial charge in [-0.2, -0.15) is 0 Å². The minimum absolute atomic E-state index is 0.0262. The molecule has 1 saturated carbocycles. The van der Waals surface area contributed by atoms with Crippen LogP contribution in [-0.2, 0) is 14.3 Å². The molecule has 0 bridgehead atoms. The Hall–Kier alpha value is -4.05. The van der Waals surface area contributed by atoms with Crippen LogP contribution < -0.4 is 14.8 Å². The minimum Gasteiger partial charge on any atom is -0.491 e. The van der Waals surface area contributed by atoms with Crippen molar-refractivity contribution in [2.24, 2.45) is 5.92 Å². The van der Waals surface area contributed by atoms with Gasteiger partial charge < -0.3 is 29.7 Å². The molecule has 1 amide bonds. The molecule has 3 aromatic rings. The van der Waals surface area contributed by atoms with Crippen LogP contribution in [0.5, 0.6) is 11.5 Å². The molecule has 0 saturated heterocycles. The number of amides is 1. The number of hydrogen-bond acceptors (Lipinski definition) is 8. The van der Waals surface area contributed by atoms with Gasteiger partial charge in [-0.3, -0.25) is 14.4 Å². The highest BCUT2D eigenvalue weighted by atomic mass is 16.5. The number of hydrogen-bond donors (Lipinski definition) is 3. The number of esters is 1. The van der Waals surface area contributed by atoms with Gasteiger partial charge in [0.05, 0.1) is 18.8 Å². The van der Waals surface area contributed by atoms with Crippen molar-refractivity contribution in [3.63, 3.8) is 0 Å². The fourth-order valence-electron chi connectivity index (χ4n) is 5.03. The van der Waals surface area contributed by atoms with E-state index >= 15 is 0 Å². The van der Waals surface area contributed by atoms with Crippen LogP contribution >= 0.6 is 0 Å². The van der Waals surface area contributed by atoms with E-state index in [0.717, 1.165) is 19.3 Å². The summed E-state index contributed by atoms with van der Waals surface area (Å²) in [7, 11) is 0. The average molecular weight is 590 g/mol. The Balaban J connectivity index is 1.09. The summed E-state index contributed by atoms with van der Waals surface area (Å²) in [5.74, 6) is 0.0563. The number of aliphatic hydroxyl groups is 2. The van der Waals surface area contributed by atoms with Gasteiger partial charge in [0.2, 0.25) is 0 Å². The number of Topliss-reactive ketones (excluding diaryl/α,β-unsaturated/α-hetero) is 1. The van der Waals surface area contributed by atoms with Gasteiger partial charge in [0, 0.05) is 30.0 Å². The summed E-state index contributed by atoms with van der Waals surface area (Å²) in [5.41, 5.74) is 1.15. The van der Waals surface area contributed by atoms with Crippen LogP contribution in [-0.4, -0.2) is 59.4 Å². The van der Waals surface area contributed by atoms with E-state index in [-0.39, 0.29) is 43.7 Å². The lowest BCUT2D eigenvalue weighted by Gasteiger charge is -2.23.